The number of anilines is 1. The van der Waals surface area contributed by atoms with Crippen molar-refractivity contribution in [3.8, 4) is 22.8 Å². The van der Waals surface area contributed by atoms with Gasteiger partial charge in [0.2, 0.25) is 0 Å². The number of nitrogens with one attached hydrogen (secondary N) is 1. The first-order valence-electron chi connectivity index (χ1n) is 11.2. The van der Waals surface area contributed by atoms with Gasteiger partial charge in [-0.3, -0.25) is 9.20 Å². The predicted molar refractivity (Wildman–Crippen MR) is 129 cm³/mol. The molecule has 0 spiro atoms. The lowest BCUT2D eigenvalue weighted by Gasteiger charge is -2.34. The van der Waals surface area contributed by atoms with Crippen molar-refractivity contribution in [3.05, 3.63) is 42.6 Å². The zero-order chi connectivity index (χ0) is 23.5. The minimum absolute atomic E-state index is 0.154. The molecule has 6 heteroatoms. The van der Waals surface area contributed by atoms with Crippen LogP contribution in [0.2, 0.25) is 0 Å². The summed E-state index contributed by atoms with van der Waals surface area (Å²) in [7, 11) is 1.57. The number of fused-ring (bicyclic) bond motifs is 1. The lowest BCUT2D eigenvalue weighted by Crippen LogP contribution is -2.36. The highest BCUT2D eigenvalue weighted by Gasteiger charge is 2.28. The van der Waals surface area contributed by atoms with E-state index in [4.69, 9.17) is 14.5 Å². The van der Waals surface area contributed by atoms with Gasteiger partial charge in [-0.25, -0.2) is 4.98 Å². The largest absolute Gasteiger partial charge is 0.493 e. The van der Waals surface area contributed by atoms with E-state index in [9.17, 15) is 4.79 Å². The summed E-state index contributed by atoms with van der Waals surface area (Å²) >= 11 is 0. The van der Waals surface area contributed by atoms with Crippen molar-refractivity contribution in [1.82, 2.24) is 9.38 Å². The summed E-state index contributed by atoms with van der Waals surface area (Å²) in [5, 5.41) is 3.74. The van der Waals surface area contributed by atoms with Gasteiger partial charge in [-0.2, -0.15) is 0 Å². The summed E-state index contributed by atoms with van der Waals surface area (Å²) in [5.41, 5.74) is 2.58. The summed E-state index contributed by atoms with van der Waals surface area (Å²) in [4.78, 5) is 16.9. The molecule has 1 aromatic carbocycles. The molecule has 3 rings (SSSR count). The molecule has 0 fully saturated rings. The summed E-state index contributed by atoms with van der Waals surface area (Å²) < 4.78 is 13.1. The van der Waals surface area contributed by atoms with Crippen LogP contribution < -0.4 is 14.8 Å². The summed E-state index contributed by atoms with van der Waals surface area (Å²) in [6, 6.07) is 11.5. The molecule has 1 N–H and O–H groups in total. The number of hydrogen-bond acceptors (Lipinski definition) is 5. The van der Waals surface area contributed by atoms with Crippen molar-refractivity contribution in [2.75, 3.05) is 12.4 Å². The Bertz CT molecular complexity index is 1090. The second kappa shape index (κ2) is 9.23. The molecule has 0 bridgehead atoms. The number of rotatable bonds is 8. The van der Waals surface area contributed by atoms with Gasteiger partial charge in [-0.05, 0) is 62.4 Å². The molecule has 2 heterocycles. The molecule has 0 atom stereocenters. The molecule has 0 amide bonds. The Morgan fingerprint density at radius 3 is 2.50 bits per heavy atom. The lowest BCUT2D eigenvalue weighted by atomic mass is 9.82. The van der Waals surface area contributed by atoms with Crippen LogP contribution in [0, 0.1) is 5.41 Å². The molecule has 6 nitrogen and oxygen atoms in total. The predicted octanol–water partition coefficient (Wildman–Crippen LogP) is 6.34. The number of benzene rings is 1. The van der Waals surface area contributed by atoms with Gasteiger partial charge in [0.1, 0.15) is 17.2 Å². The summed E-state index contributed by atoms with van der Waals surface area (Å²) in [6.45, 7) is 13.1. The van der Waals surface area contributed by atoms with Crippen LogP contribution in [0.15, 0.2) is 42.6 Å². The highest BCUT2D eigenvalue weighted by molar-refractivity contribution is 5.79. The van der Waals surface area contributed by atoms with Gasteiger partial charge in [-0.15, -0.1) is 0 Å². The van der Waals surface area contributed by atoms with Gasteiger partial charge >= 0.3 is 5.97 Å². The van der Waals surface area contributed by atoms with E-state index in [1.165, 1.54) is 0 Å². The van der Waals surface area contributed by atoms with E-state index in [0.717, 1.165) is 35.6 Å². The fourth-order valence-electron chi connectivity index (χ4n) is 4.28. The Hall–Kier alpha value is -3.02. The van der Waals surface area contributed by atoms with Gasteiger partial charge in [-0.1, -0.05) is 33.8 Å². The van der Waals surface area contributed by atoms with Crippen molar-refractivity contribution >= 4 is 17.4 Å². The molecule has 172 valence electrons. The third-order valence-electron chi connectivity index (χ3n) is 5.07. The van der Waals surface area contributed by atoms with E-state index >= 15 is 0 Å². The maximum atomic E-state index is 12.0. The lowest BCUT2D eigenvalue weighted by molar-refractivity contribution is -0.134. The number of carbonyl (C=O) groups is 1. The van der Waals surface area contributed by atoms with Crippen molar-refractivity contribution in [3.63, 3.8) is 0 Å². The van der Waals surface area contributed by atoms with Gasteiger partial charge in [0.25, 0.3) is 0 Å². The minimum Gasteiger partial charge on any atom is -0.493 e. The molecule has 0 saturated carbocycles. The smallest absolute Gasteiger partial charge is 0.311 e. The highest BCUT2D eigenvalue weighted by atomic mass is 16.6. The van der Waals surface area contributed by atoms with Gasteiger partial charge < -0.3 is 14.8 Å². The van der Waals surface area contributed by atoms with Crippen LogP contribution in [0.1, 0.15) is 60.8 Å². The molecule has 0 unspecified atom stereocenters. The first-order valence-corrected chi connectivity index (χ1v) is 11.2. The van der Waals surface area contributed by atoms with Gasteiger partial charge in [0.15, 0.2) is 11.5 Å². The molecule has 0 radical (unpaired) electrons. The second-order valence-corrected chi connectivity index (χ2v) is 10.1. The van der Waals surface area contributed by atoms with Crippen LogP contribution in [-0.2, 0) is 4.79 Å². The van der Waals surface area contributed by atoms with Gasteiger partial charge in [0.05, 0.1) is 7.11 Å². The maximum absolute atomic E-state index is 12.0. The topological polar surface area (TPSA) is 64.9 Å². The van der Waals surface area contributed by atoms with E-state index in [-0.39, 0.29) is 16.9 Å². The number of aromatic nitrogens is 2. The maximum Gasteiger partial charge on any atom is 0.311 e. The average molecular weight is 438 g/mol. The third-order valence-corrected chi connectivity index (χ3v) is 5.07. The van der Waals surface area contributed by atoms with Crippen LogP contribution in [0.5, 0.6) is 11.5 Å². The molecule has 0 saturated heterocycles. The number of hydrogen-bond donors (Lipinski definition) is 1. The van der Waals surface area contributed by atoms with Crippen LogP contribution in [0.25, 0.3) is 16.9 Å². The van der Waals surface area contributed by atoms with Crippen molar-refractivity contribution in [2.24, 2.45) is 5.41 Å². The number of esters is 1. The molecule has 0 aliphatic carbocycles. The molecule has 2 aromatic heterocycles. The van der Waals surface area contributed by atoms with Crippen LogP contribution in [0.3, 0.4) is 0 Å². The summed E-state index contributed by atoms with van der Waals surface area (Å²) in [5.74, 6) is 1.58. The standard InChI is InChI=1S/C26H35N3O3/c1-8-11-22(30)32-19-14-13-18(16-20(19)31-7)23-24(28-26(5,6)17-25(2,3)4)29-15-10-9-12-21(29)27-23/h9-10,12-16,28H,8,11,17H2,1-7H3. The fourth-order valence-corrected chi connectivity index (χ4v) is 4.28. The molecular formula is C26H35N3O3. The van der Waals surface area contributed by atoms with Crippen molar-refractivity contribution in [2.45, 2.75) is 66.3 Å². The Kier molecular flexibility index (Phi) is 6.82. The molecule has 0 aliphatic heterocycles. The van der Waals surface area contributed by atoms with Gasteiger partial charge in [0, 0.05) is 23.7 Å². The SMILES string of the molecule is CCCC(=O)Oc1ccc(-c2nc3ccccn3c2NC(C)(C)CC(C)(C)C)cc1OC. The fraction of sp³-hybridized carbons (Fsp3) is 0.462. The first-order chi connectivity index (χ1) is 15.0. The first kappa shape index (κ1) is 23.6. The molecule has 0 aliphatic rings. The molecular weight excluding hydrogens is 402 g/mol. The normalized spacial score (nSPS) is 12.1. The van der Waals surface area contributed by atoms with Crippen LogP contribution >= 0.6 is 0 Å². The minimum atomic E-state index is -0.266. The van der Waals surface area contributed by atoms with Crippen molar-refractivity contribution in [1.29, 1.82) is 0 Å². The Labute approximate surface area is 191 Å². The average Bonchev–Trinajstić information content (AvgIpc) is 3.04. The molecule has 32 heavy (non-hydrogen) atoms. The van der Waals surface area contributed by atoms with E-state index in [1.807, 2.05) is 43.5 Å². The number of imidazole rings is 1. The number of pyridine rings is 1. The number of carbonyl (C=O) groups excluding carboxylic acids is 1. The molecule has 3 aromatic rings. The monoisotopic (exact) mass is 437 g/mol. The second-order valence-electron chi connectivity index (χ2n) is 10.1. The zero-order valence-corrected chi connectivity index (χ0v) is 20.3. The number of ether oxygens (including phenoxy) is 2. The third kappa shape index (κ3) is 5.61. The van der Waals surface area contributed by atoms with Crippen LogP contribution in [-0.4, -0.2) is 28.0 Å². The summed E-state index contributed by atoms with van der Waals surface area (Å²) in [6.07, 6.45) is 4.10. The Balaban J connectivity index is 2.05. The quantitative estimate of drug-likeness (QED) is 0.329. The van der Waals surface area contributed by atoms with E-state index < -0.39 is 0 Å². The van der Waals surface area contributed by atoms with E-state index in [2.05, 4.69) is 44.3 Å². The van der Waals surface area contributed by atoms with E-state index in [1.54, 1.807) is 13.2 Å². The van der Waals surface area contributed by atoms with E-state index in [0.29, 0.717) is 17.9 Å². The Morgan fingerprint density at radius 1 is 1.09 bits per heavy atom. The Morgan fingerprint density at radius 2 is 1.84 bits per heavy atom. The van der Waals surface area contributed by atoms with Crippen molar-refractivity contribution < 1.29 is 14.3 Å². The number of nitrogens with zero attached hydrogens (tertiary/aromatic N) is 2. The number of methoxy groups -OCH3 is 1. The zero-order valence-electron chi connectivity index (χ0n) is 20.3. The van der Waals surface area contributed by atoms with Crippen LogP contribution in [0.4, 0.5) is 5.82 Å². The highest BCUT2D eigenvalue weighted by Crippen LogP contribution is 2.38.